The molecule has 0 spiro atoms. The van der Waals surface area contributed by atoms with E-state index in [1.54, 1.807) is 13.3 Å². The zero-order chi connectivity index (χ0) is 34.7. The van der Waals surface area contributed by atoms with E-state index in [-0.39, 0.29) is 12.2 Å². The van der Waals surface area contributed by atoms with Crippen LogP contribution in [0, 0.1) is 18.3 Å². The van der Waals surface area contributed by atoms with Crippen molar-refractivity contribution in [2.45, 2.75) is 81.3 Å². The number of ether oxygens (including phenoxy) is 1. The minimum absolute atomic E-state index is 0.0266. The summed E-state index contributed by atoms with van der Waals surface area (Å²) in [5.41, 5.74) is 6.99. The van der Waals surface area contributed by atoms with E-state index in [0.29, 0.717) is 5.02 Å². The average Bonchev–Trinajstić information content (AvgIpc) is 3.07. The molecule has 2 aromatic carbocycles. The lowest BCUT2D eigenvalue weighted by Gasteiger charge is -2.17. The Morgan fingerprint density at radius 2 is 1.52 bits per heavy atom. The second-order valence-electron chi connectivity index (χ2n) is 9.54. The summed E-state index contributed by atoms with van der Waals surface area (Å²) in [4.78, 5) is 4.41. The third-order valence-electron chi connectivity index (χ3n) is 5.67. The molecule has 3 N–H and O–H groups in total. The number of anilines is 1. The summed E-state index contributed by atoms with van der Waals surface area (Å²) < 4.78 is 4.94. The average molecular weight is 622 g/mol. The van der Waals surface area contributed by atoms with Crippen molar-refractivity contribution in [2.24, 2.45) is 0 Å². The highest BCUT2D eigenvalue weighted by Gasteiger charge is 2.10. The maximum atomic E-state index is 9.81. The standard InChI is InChI=1S/C26H27ClN2O.C5H12O.2C2H6.C2H2.CH3N/c1-4-5-6-7-18(2)20-8-10-21(11-9-20)26(19(3)17-30)29-24-14-15-28-25-16-22(27)12-13-23(24)25;1-5(2,3)6-4;4*1-2/h4-5,7-16,30H,6,17H2,1-3H3,(H,28,29);1-4H3;2*1-2H3;1-2H;2H,1H2/b5-4-,18-7+,26-19+;;;;;. The topological polar surface area (TPSA) is 78.2 Å². The van der Waals surface area contributed by atoms with Crippen molar-refractivity contribution in [3.8, 4) is 12.8 Å². The van der Waals surface area contributed by atoms with Gasteiger partial charge < -0.3 is 20.6 Å². The number of hydrogen-bond acceptors (Lipinski definition) is 5. The van der Waals surface area contributed by atoms with E-state index < -0.39 is 0 Å². The molecule has 6 heteroatoms. The smallest absolute Gasteiger partial charge is 0.0737 e. The number of aliphatic hydroxyl groups excluding tert-OH is 1. The molecule has 0 radical (unpaired) electrons. The molecule has 0 saturated heterocycles. The fourth-order valence-corrected chi connectivity index (χ4v) is 3.43. The van der Waals surface area contributed by atoms with Gasteiger partial charge in [-0.3, -0.25) is 4.98 Å². The molecule has 44 heavy (non-hydrogen) atoms. The molecule has 0 aliphatic heterocycles. The van der Waals surface area contributed by atoms with E-state index in [2.05, 4.69) is 79.3 Å². The first kappa shape index (κ1) is 44.7. The van der Waals surface area contributed by atoms with Crippen molar-refractivity contribution in [2.75, 3.05) is 19.0 Å². The summed E-state index contributed by atoms with van der Waals surface area (Å²) in [5.74, 6) is 0. The number of terminal acetylenes is 1. The molecule has 0 unspecified atom stereocenters. The van der Waals surface area contributed by atoms with Gasteiger partial charge >= 0.3 is 0 Å². The van der Waals surface area contributed by atoms with Gasteiger partial charge in [-0.05, 0) is 101 Å². The molecular weight excluding hydrogens is 566 g/mol. The molecule has 3 rings (SSSR count). The highest BCUT2D eigenvalue weighted by atomic mass is 35.5. The third kappa shape index (κ3) is 17.4. The van der Waals surface area contributed by atoms with Crippen LogP contribution in [0.2, 0.25) is 5.02 Å². The zero-order valence-electron chi connectivity index (χ0n) is 28.9. The third-order valence-corrected chi connectivity index (χ3v) is 5.90. The van der Waals surface area contributed by atoms with Crippen molar-refractivity contribution in [3.05, 3.63) is 94.7 Å². The van der Waals surface area contributed by atoms with Gasteiger partial charge in [-0.25, -0.2) is 0 Å². The van der Waals surface area contributed by atoms with Gasteiger partial charge in [-0.1, -0.05) is 81.8 Å². The lowest BCUT2D eigenvalue weighted by Crippen LogP contribution is -2.15. The fourth-order valence-electron chi connectivity index (χ4n) is 3.27. The number of rotatable bonds is 7. The molecule has 0 aliphatic rings. The molecule has 3 aromatic rings. The summed E-state index contributed by atoms with van der Waals surface area (Å²) in [7, 11) is 1.71. The van der Waals surface area contributed by atoms with Crippen LogP contribution in [0.5, 0.6) is 0 Å². The van der Waals surface area contributed by atoms with Gasteiger partial charge in [0.25, 0.3) is 0 Å². The molecule has 1 aromatic heterocycles. The Kier molecular flexibility index (Phi) is 27.4. The predicted molar refractivity (Wildman–Crippen MR) is 199 cm³/mol. The van der Waals surface area contributed by atoms with Crippen molar-refractivity contribution in [1.82, 2.24) is 4.98 Å². The molecule has 0 amide bonds. The molecule has 0 fully saturated rings. The first-order chi connectivity index (χ1) is 21.1. The van der Waals surface area contributed by atoms with Crippen LogP contribution < -0.4 is 5.32 Å². The molecular formula is C38H56ClN3O2. The number of fused-ring (bicyclic) bond motifs is 1. The highest BCUT2D eigenvalue weighted by molar-refractivity contribution is 6.31. The highest BCUT2D eigenvalue weighted by Crippen LogP contribution is 2.29. The van der Waals surface area contributed by atoms with E-state index in [1.165, 1.54) is 11.1 Å². The SMILES string of the molecule is C#C.C/C=C\C/C=C(\C)c1ccc(/C(Nc2ccnc3cc(Cl)ccc23)=C(/C)CO)cc1.C=N.CC.CC.COC(C)(C)C. The van der Waals surface area contributed by atoms with Crippen LogP contribution >= 0.6 is 11.6 Å². The fraction of sp³-hybridized carbons (Fsp3) is 0.368. The van der Waals surface area contributed by atoms with E-state index in [9.17, 15) is 5.11 Å². The van der Waals surface area contributed by atoms with Crippen molar-refractivity contribution in [3.63, 3.8) is 0 Å². The van der Waals surface area contributed by atoms with Crippen LogP contribution in [0.15, 0.2) is 78.5 Å². The second-order valence-corrected chi connectivity index (χ2v) is 9.98. The van der Waals surface area contributed by atoms with Crippen molar-refractivity contribution >= 4 is 46.2 Å². The van der Waals surface area contributed by atoms with Gasteiger partial charge in [-0.15, -0.1) is 12.8 Å². The van der Waals surface area contributed by atoms with Gasteiger partial charge in [0.1, 0.15) is 0 Å². The maximum absolute atomic E-state index is 9.81. The number of benzene rings is 2. The monoisotopic (exact) mass is 621 g/mol. The Bertz CT molecular complexity index is 1280. The van der Waals surface area contributed by atoms with E-state index >= 15 is 0 Å². The number of aliphatic hydroxyl groups is 1. The predicted octanol–water partition coefficient (Wildman–Crippen LogP) is 11.1. The van der Waals surface area contributed by atoms with Gasteiger partial charge in [0, 0.05) is 35.1 Å². The van der Waals surface area contributed by atoms with Crippen LogP contribution in [-0.4, -0.2) is 36.1 Å². The zero-order valence-corrected chi connectivity index (χ0v) is 29.6. The summed E-state index contributed by atoms with van der Waals surface area (Å²) in [6.45, 7) is 22.6. The largest absolute Gasteiger partial charge is 0.392 e. The van der Waals surface area contributed by atoms with Crippen LogP contribution in [0.3, 0.4) is 0 Å². The van der Waals surface area contributed by atoms with Gasteiger partial charge in [0.15, 0.2) is 0 Å². The summed E-state index contributed by atoms with van der Waals surface area (Å²) in [6.07, 6.45) is 17.1. The lowest BCUT2D eigenvalue weighted by atomic mass is 10.0. The van der Waals surface area contributed by atoms with Crippen LogP contribution in [0.1, 0.15) is 86.8 Å². The van der Waals surface area contributed by atoms with E-state index in [0.717, 1.165) is 39.8 Å². The van der Waals surface area contributed by atoms with Crippen LogP contribution in [-0.2, 0) is 4.74 Å². The summed E-state index contributed by atoms with van der Waals surface area (Å²) in [5, 5.41) is 20.5. The van der Waals surface area contributed by atoms with E-state index in [1.807, 2.05) is 86.6 Å². The number of halogens is 1. The van der Waals surface area contributed by atoms with Crippen LogP contribution in [0.4, 0.5) is 5.69 Å². The normalized spacial score (nSPS) is 10.9. The molecule has 0 aliphatic carbocycles. The molecule has 0 atom stereocenters. The summed E-state index contributed by atoms with van der Waals surface area (Å²) in [6, 6.07) is 16.0. The van der Waals surface area contributed by atoms with E-state index in [4.69, 9.17) is 21.7 Å². The number of allylic oxidation sites excluding steroid dienone is 4. The van der Waals surface area contributed by atoms with Gasteiger partial charge in [0.2, 0.25) is 0 Å². The minimum atomic E-state index is -0.0266. The Hall–Kier alpha value is -3.69. The Labute approximate surface area is 273 Å². The Morgan fingerprint density at radius 3 is 2.00 bits per heavy atom. The number of nitrogens with one attached hydrogen (secondary N) is 2. The second kappa shape index (κ2) is 26.9. The Morgan fingerprint density at radius 1 is 1.00 bits per heavy atom. The number of hydrogen-bond donors (Lipinski definition) is 3. The molecule has 0 saturated carbocycles. The number of nitrogens with zero attached hydrogens (tertiary/aromatic N) is 1. The summed E-state index contributed by atoms with van der Waals surface area (Å²) >= 11 is 6.11. The van der Waals surface area contributed by atoms with Gasteiger partial charge in [-0.2, -0.15) is 0 Å². The molecule has 242 valence electrons. The quantitative estimate of drug-likeness (QED) is 0.139. The maximum Gasteiger partial charge on any atom is 0.0737 e. The Balaban J connectivity index is -0.00000103. The molecule has 1 heterocycles. The lowest BCUT2D eigenvalue weighted by molar-refractivity contribution is 0.0397. The van der Waals surface area contributed by atoms with Gasteiger partial charge in [0.05, 0.1) is 17.7 Å². The molecule has 5 nitrogen and oxygen atoms in total. The van der Waals surface area contributed by atoms with Crippen LogP contribution in [0.25, 0.3) is 22.2 Å². The number of aromatic nitrogens is 1. The first-order valence-corrected chi connectivity index (χ1v) is 15.2. The van der Waals surface area contributed by atoms with Crippen molar-refractivity contribution in [1.29, 1.82) is 5.41 Å². The number of methoxy groups -OCH3 is 1. The first-order valence-electron chi connectivity index (χ1n) is 14.8. The number of pyridine rings is 1. The molecule has 0 bridgehead atoms. The van der Waals surface area contributed by atoms with Crippen molar-refractivity contribution < 1.29 is 9.84 Å². The minimum Gasteiger partial charge on any atom is -0.392 e.